The van der Waals surface area contributed by atoms with E-state index in [1.54, 1.807) is 6.21 Å². The van der Waals surface area contributed by atoms with Gasteiger partial charge < -0.3 is 5.11 Å². The molecule has 3 aromatic rings. The van der Waals surface area contributed by atoms with Crippen molar-refractivity contribution in [3.63, 3.8) is 0 Å². The lowest BCUT2D eigenvalue weighted by Gasteiger charge is -2.11. The van der Waals surface area contributed by atoms with Crippen molar-refractivity contribution in [2.45, 2.75) is 0 Å². The third-order valence-electron chi connectivity index (χ3n) is 4.16. The van der Waals surface area contributed by atoms with Crippen LogP contribution in [0.1, 0.15) is 10.6 Å². The first-order valence-corrected chi connectivity index (χ1v) is 10.4. The minimum Gasteiger partial charge on any atom is -0.509 e. The van der Waals surface area contributed by atoms with E-state index in [-0.39, 0.29) is 18.1 Å². The van der Waals surface area contributed by atoms with Gasteiger partial charge in [-0.1, -0.05) is 51.8 Å². The number of nitrogens with zero attached hydrogens (tertiary/aromatic N) is 3. The van der Waals surface area contributed by atoms with E-state index in [0.29, 0.717) is 15.6 Å². The van der Waals surface area contributed by atoms with Gasteiger partial charge in [0.1, 0.15) is 17.3 Å². The fourth-order valence-electron chi connectivity index (χ4n) is 2.72. The first kappa shape index (κ1) is 18.9. The Kier molecular flexibility index (Phi) is 5.30. The molecule has 0 aliphatic carbocycles. The Bertz CT molecular complexity index is 1090. The first-order valence-electron chi connectivity index (χ1n) is 8.31. The number of hydrazone groups is 1. The van der Waals surface area contributed by atoms with Crippen molar-refractivity contribution in [3.05, 3.63) is 79.7 Å². The molecule has 0 bridgehead atoms. The smallest absolute Gasteiger partial charge is 0.155 e. The molecule has 0 spiro atoms. The summed E-state index contributed by atoms with van der Waals surface area (Å²) in [5, 5.41) is 27.8. The molecule has 8 heteroatoms. The van der Waals surface area contributed by atoms with Crippen LogP contribution in [0, 0.1) is 5.41 Å². The molecule has 2 aromatic carbocycles. The normalized spacial score (nSPS) is 14.5. The molecule has 1 aliphatic heterocycles. The maximum Gasteiger partial charge on any atom is 0.155 e. The van der Waals surface area contributed by atoms with Crippen LogP contribution < -0.4 is 0 Å². The van der Waals surface area contributed by atoms with Gasteiger partial charge in [-0.3, -0.25) is 5.41 Å². The summed E-state index contributed by atoms with van der Waals surface area (Å²) < 4.78 is 0.987. The van der Waals surface area contributed by atoms with Gasteiger partial charge in [0.25, 0.3) is 0 Å². The molecular formula is C20H14BrClN4OS. The molecule has 5 nitrogen and oxygen atoms in total. The minimum atomic E-state index is 0.0926. The van der Waals surface area contributed by atoms with Gasteiger partial charge in [0, 0.05) is 20.4 Å². The van der Waals surface area contributed by atoms with E-state index in [1.807, 2.05) is 53.9 Å². The molecule has 0 saturated heterocycles. The van der Waals surface area contributed by atoms with Crippen LogP contribution in [0.2, 0.25) is 5.02 Å². The molecule has 0 saturated carbocycles. The van der Waals surface area contributed by atoms with Crippen LogP contribution in [0.5, 0.6) is 0 Å². The van der Waals surface area contributed by atoms with Crippen LogP contribution in [-0.4, -0.2) is 33.7 Å². The molecule has 2 heterocycles. The van der Waals surface area contributed by atoms with Crippen LogP contribution in [-0.2, 0) is 0 Å². The highest BCUT2D eigenvalue weighted by atomic mass is 79.9. The van der Waals surface area contributed by atoms with E-state index in [0.717, 1.165) is 21.3 Å². The van der Waals surface area contributed by atoms with E-state index in [2.05, 4.69) is 26.0 Å². The Balaban J connectivity index is 1.54. The summed E-state index contributed by atoms with van der Waals surface area (Å²) in [7, 11) is 0. The molecule has 1 aromatic heterocycles. The average molecular weight is 474 g/mol. The Morgan fingerprint density at radius 3 is 2.61 bits per heavy atom. The Hall–Kier alpha value is -2.48. The highest BCUT2D eigenvalue weighted by Crippen LogP contribution is 2.32. The molecule has 0 amide bonds. The standard InChI is InChI=1S/C20H14BrClN4OS/c21-14-5-1-12(2-6-14)9-24-26-10-17(27)18(19(26)23)20-25-16(11-28-20)13-3-7-15(22)8-4-13/h1-9,11,23,27H,10H2. The van der Waals surface area contributed by atoms with E-state index >= 15 is 0 Å². The summed E-state index contributed by atoms with van der Waals surface area (Å²) in [6.45, 7) is 0.150. The molecule has 2 N–H and O–H groups in total. The molecule has 4 rings (SSSR count). The number of hydrogen-bond donors (Lipinski definition) is 2. The lowest BCUT2D eigenvalue weighted by molar-refractivity contribution is 0.358. The zero-order valence-electron chi connectivity index (χ0n) is 14.4. The predicted octanol–water partition coefficient (Wildman–Crippen LogP) is 5.82. The van der Waals surface area contributed by atoms with Crippen molar-refractivity contribution < 1.29 is 5.11 Å². The van der Waals surface area contributed by atoms with Crippen molar-refractivity contribution >= 4 is 56.5 Å². The quantitative estimate of drug-likeness (QED) is 0.469. The second-order valence-corrected chi connectivity index (χ2v) is 8.28. The van der Waals surface area contributed by atoms with E-state index in [4.69, 9.17) is 17.0 Å². The number of aliphatic hydroxyl groups is 1. The van der Waals surface area contributed by atoms with E-state index in [1.165, 1.54) is 16.3 Å². The van der Waals surface area contributed by atoms with Crippen LogP contribution in [0.4, 0.5) is 0 Å². The SMILES string of the molecule is N=C1C(c2nc(-c3ccc(Cl)cc3)cs2)=C(O)CN1N=Cc1ccc(Br)cc1. The lowest BCUT2D eigenvalue weighted by atomic mass is 10.2. The Morgan fingerprint density at radius 2 is 1.89 bits per heavy atom. The molecular weight excluding hydrogens is 460 g/mol. The average Bonchev–Trinajstić information content (AvgIpc) is 3.26. The Morgan fingerprint density at radius 1 is 1.18 bits per heavy atom. The highest BCUT2D eigenvalue weighted by Gasteiger charge is 2.30. The number of aromatic nitrogens is 1. The molecule has 0 atom stereocenters. The fourth-order valence-corrected chi connectivity index (χ4v) is 4.00. The number of rotatable bonds is 4. The number of nitrogens with one attached hydrogen (secondary N) is 1. The summed E-state index contributed by atoms with van der Waals surface area (Å²) in [4.78, 5) is 4.59. The molecule has 0 unspecified atom stereocenters. The molecule has 0 fully saturated rings. The molecule has 140 valence electrons. The van der Waals surface area contributed by atoms with Gasteiger partial charge >= 0.3 is 0 Å². The third-order valence-corrected chi connectivity index (χ3v) is 5.80. The van der Waals surface area contributed by atoms with Crippen molar-refractivity contribution in [2.75, 3.05) is 6.54 Å². The van der Waals surface area contributed by atoms with Crippen molar-refractivity contribution in [1.82, 2.24) is 9.99 Å². The van der Waals surface area contributed by atoms with Gasteiger partial charge in [0.2, 0.25) is 0 Å². The molecule has 28 heavy (non-hydrogen) atoms. The zero-order valence-corrected chi connectivity index (χ0v) is 17.6. The molecule has 0 radical (unpaired) electrons. The third kappa shape index (κ3) is 3.87. The van der Waals surface area contributed by atoms with Crippen LogP contribution in [0.3, 0.4) is 0 Å². The highest BCUT2D eigenvalue weighted by molar-refractivity contribution is 9.10. The van der Waals surface area contributed by atoms with Gasteiger partial charge in [0.15, 0.2) is 5.84 Å². The topological polar surface area (TPSA) is 72.6 Å². The predicted molar refractivity (Wildman–Crippen MR) is 118 cm³/mol. The fraction of sp³-hybridized carbons (Fsp3) is 0.0500. The summed E-state index contributed by atoms with van der Waals surface area (Å²) in [6, 6.07) is 15.1. The second kappa shape index (κ2) is 7.87. The minimum absolute atomic E-state index is 0.0926. The van der Waals surface area contributed by atoms with Gasteiger partial charge in [-0.2, -0.15) is 5.10 Å². The van der Waals surface area contributed by atoms with Gasteiger partial charge in [-0.15, -0.1) is 11.3 Å². The number of hydrogen-bond acceptors (Lipinski definition) is 5. The van der Waals surface area contributed by atoms with E-state index < -0.39 is 0 Å². The number of thiazole rings is 1. The number of aliphatic hydroxyl groups excluding tert-OH is 1. The van der Waals surface area contributed by atoms with Crippen molar-refractivity contribution in [3.8, 4) is 11.3 Å². The maximum absolute atomic E-state index is 10.4. The largest absolute Gasteiger partial charge is 0.509 e. The maximum atomic E-state index is 10.4. The zero-order chi connectivity index (χ0) is 19.7. The van der Waals surface area contributed by atoms with Gasteiger partial charge in [-0.25, -0.2) is 9.99 Å². The first-order chi connectivity index (χ1) is 13.5. The summed E-state index contributed by atoms with van der Waals surface area (Å²) in [5.41, 5.74) is 3.03. The van der Waals surface area contributed by atoms with Crippen LogP contribution >= 0.6 is 38.9 Å². The van der Waals surface area contributed by atoms with Crippen molar-refractivity contribution in [1.29, 1.82) is 5.41 Å². The molecule has 1 aliphatic rings. The van der Waals surface area contributed by atoms with Crippen LogP contribution in [0.25, 0.3) is 16.8 Å². The number of halogens is 2. The second-order valence-electron chi connectivity index (χ2n) is 6.07. The van der Waals surface area contributed by atoms with E-state index in [9.17, 15) is 5.11 Å². The monoisotopic (exact) mass is 472 g/mol. The lowest BCUT2D eigenvalue weighted by Crippen LogP contribution is -2.20. The number of benzene rings is 2. The summed E-state index contributed by atoms with van der Waals surface area (Å²) in [5.74, 6) is 0.220. The Labute approximate surface area is 179 Å². The summed E-state index contributed by atoms with van der Waals surface area (Å²) >= 11 is 10.7. The number of amidine groups is 1. The van der Waals surface area contributed by atoms with Crippen LogP contribution in [0.15, 0.2) is 69.2 Å². The summed E-state index contributed by atoms with van der Waals surface area (Å²) in [6.07, 6.45) is 1.66. The van der Waals surface area contributed by atoms with Gasteiger partial charge in [-0.05, 0) is 29.8 Å². The van der Waals surface area contributed by atoms with Gasteiger partial charge in [0.05, 0.1) is 17.5 Å². The van der Waals surface area contributed by atoms with Crippen molar-refractivity contribution in [2.24, 2.45) is 5.10 Å².